The van der Waals surface area contributed by atoms with Crippen LogP contribution in [0.25, 0.3) is 21.8 Å². The van der Waals surface area contributed by atoms with Crippen molar-refractivity contribution in [3.63, 3.8) is 0 Å². The van der Waals surface area contributed by atoms with Crippen LogP contribution in [-0.4, -0.2) is 9.97 Å². The molecule has 0 saturated carbocycles. The summed E-state index contributed by atoms with van der Waals surface area (Å²) in [4.78, 5) is 8.22. The SMILES string of the molecule is [O]c1c([O-])c2cccnc2c2ncccc12. The lowest BCUT2D eigenvalue weighted by molar-refractivity contribution is -0.268. The quantitative estimate of drug-likeness (QED) is 0.533. The van der Waals surface area contributed by atoms with Crippen LogP contribution in [-0.2, 0) is 5.11 Å². The fourth-order valence-corrected chi connectivity index (χ4v) is 1.80. The average molecular weight is 210 g/mol. The van der Waals surface area contributed by atoms with Crippen LogP contribution in [0.2, 0.25) is 0 Å². The van der Waals surface area contributed by atoms with Gasteiger partial charge in [0.15, 0.2) is 5.75 Å². The highest BCUT2D eigenvalue weighted by Crippen LogP contribution is 2.38. The Morgan fingerprint density at radius 2 is 1.50 bits per heavy atom. The van der Waals surface area contributed by atoms with Gasteiger partial charge in [-0.3, -0.25) is 15.1 Å². The smallest absolute Gasteiger partial charge is 0.180 e. The molecule has 0 unspecified atom stereocenters. The maximum atomic E-state index is 11.8. The second kappa shape index (κ2) is 3.06. The minimum atomic E-state index is -0.511. The van der Waals surface area contributed by atoms with Gasteiger partial charge in [0, 0.05) is 17.8 Å². The lowest BCUT2D eigenvalue weighted by Crippen LogP contribution is -1.94. The molecule has 4 heteroatoms. The molecule has 0 atom stereocenters. The minimum absolute atomic E-state index is 0.332. The van der Waals surface area contributed by atoms with Crippen molar-refractivity contribution in [1.29, 1.82) is 0 Å². The number of hydrogen-bond acceptors (Lipinski definition) is 3. The topological polar surface area (TPSA) is 68.7 Å². The number of hydrogen-bond donors (Lipinski definition) is 0. The van der Waals surface area contributed by atoms with Crippen LogP contribution in [0.5, 0.6) is 11.5 Å². The van der Waals surface area contributed by atoms with E-state index in [1.54, 1.807) is 36.7 Å². The van der Waals surface area contributed by atoms with Crippen molar-refractivity contribution in [2.75, 3.05) is 0 Å². The first-order valence-corrected chi connectivity index (χ1v) is 4.78. The fourth-order valence-electron chi connectivity index (χ4n) is 1.80. The van der Waals surface area contributed by atoms with Crippen molar-refractivity contribution in [2.24, 2.45) is 0 Å². The predicted molar refractivity (Wildman–Crippen MR) is 56.6 cm³/mol. The molecule has 2 aromatic heterocycles. The largest absolute Gasteiger partial charge is 0.869 e. The molecule has 1 aromatic carbocycles. The van der Waals surface area contributed by atoms with Gasteiger partial charge in [-0.15, -0.1) is 0 Å². The molecule has 0 spiro atoms. The van der Waals surface area contributed by atoms with Gasteiger partial charge in [0.25, 0.3) is 0 Å². The van der Waals surface area contributed by atoms with Crippen LogP contribution in [0.4, 0.5) is 0 Å². The zero-order chi connectivity index (χ0) is 11.1. The van der Waals surface area contributed by atoms with Crippen LogP contribution < -0.4 is 5.11 Å². The van der Waals surface area contributed by atoms with Gasteiger partial charge in [-0.2, -0.15) is 0 Å². The average Bonchev–Trinajstić information content (AvgIpc) is 2.36. The highest BCUT2D eigenvalue weighted by molar-refractivity contribution is 6.09. The van der Waals surface area contributed by atoms with Gasteiger partial charge >= 0.3 is 0 Å². The van der Waals surface area contributed by atoms with Gasteiger partial charge in [0.2, 0.25) is 0 Å². The van der Waals surface area contributed by atoms with E-state index in [-0.39, 0.29) is 0 Å². The third kappa shape index (κ3) is 1.04. The summed E-state index contributed by atoms with van der Waals surface area (Å²) in [6, 6.07) is 6.47. The Morgan fingerprint density at radius 3 is 2.19 bits per heavy atom. The van der Waals surface area contributed by atoms with Gasteiger partial charge in [-0.05, 0) is 29.3 Å². The second-order valence-corrected chi connectivity index (χ2v) is 3.46. The molecule has 1 radical (unpaired) electrons. The standard InChI is InChI=1S/C12H7N2O2/c15-11-7-3-1-5-13-9(7)10-8(12(11)16)4-2-6-14-10/h1-6,15H/p-1. The monoisotopic (exact) mass is 210 g/mol. The highest BCUT2D eigenvalue weighted by Gasteiger charge is 2.10. The molecule has 0 aliphatic rings. The number of rotatable bonds is 0. The lowest BCUT2D eigenvalue weighted by atomic mass is 10.1. The van der Waals surface area contributed by atoms with E-state index in [0.29, 0.717) is 21.8 Å². The Hall–Kier alpha value is -2.36. The highest BCUT2D eigenvalue weighted by atomic mass is 16.3. The van der Waals surface area contributed by atoms with Crippen molar-refractivity contribution in [1.82, 2.24) is 9.97 Å². The van der Waals surface area contributed by atoms with E-state index in [2.05, 4.69) is 9.97 Å². The van der Waals surface area contributed by atoms with Crippen molar-refractivity contribution < 1.29 is 10.2 Å². The van der Waals surface area contributed by atoms with E-state index in [0.717, 1.165) is 0 Å². The normalized spacial score (nSPS) is 11.0. The van der Waals surface area contributed by atoms with Gasteiger partial charge in [-0.1, -0.05) is 6.07 Å². The van der Waals surface area contributed by atoms with E-state index in [4.69, 9.17) is 0 Å². The van der Waals surface area contributed by atoms with Crippen LogP contribution in [0.1, 0.15) is 0 Å². The van der Waals surface area contributed by atoms with Gasteiger partial charge < -0.3 is 5.11 Å². The zero-order valence-corrected chi connectivity index (χ0v) is 8.18. The molecular weight excluding hydrogens is 204 g/mol. The second-order valence-electron chi connectivity index (χ2n) is 3.46. The summed E-state index contributed by atoms with van der Waals surface area (Å²) in [5.41, 5.74) is 0.977. The summed E-state index contributed by atoms with van der Waals surface area (Å²) in [6.07, 6.45) is 3.17. The molecule has 77 valence electrons. The molecule has 0 amide bonds. The first kappa shape index (κ1) is 8.91. The molecule has 2 heterocycles. The summed E-state index contributed by atoms with van der Waals surface area (Å²) in [7, 11) is 0. The van der Waals surface area contributed by atoms with Crippen molar-refractivity contribution in [2.45, 2.75) is 0 Å². The van der Waals surface area contributed by atoms with E-state index in [1.807, 2.05) is 0 Å². The number of benzene rings is 1. The molecule has 0 aliphatic carbocycles. The summed E-state index contributed by atoms with van der Waals surface area (Å²) in [6.45, 7) is 0. The molecule has 0 fully saturated rings. The Morgan fingerprint density at radius 1 is 0.938 bits per heavy atom. The number of nitrogens with zero attached hydrogens (tertiary/aromatic N) is 2. The van der Waals surface area contributed by atoms with Crippen LogP contribution in [0.15, 0.2) is 36.7 Å². The van der Waals surface area contributed by atoms with E-state index < -0.39 is 11.5 Å². The summed E-state index contributed by atoms with van der Waals surface area (Å²) in [5.74, 6) is -1.02. The lowest BCUT2D eigenvalue weighted by Gasteiger charge is -2.12. The molecule has 16 heavy (non-hydrogen) atoms. The van der Waals surface area contributed by atoms with Gasteiger partial charge in [0.05, 0.1) is 5.52 Å². The summed E-state index contributed by atoms with van der Waals surface area (Å²) < 4.78 is 0. The number of aromatic nitrogens is 2. The molecule has 3 rings (SSSR count). The van der Waals surface area contributed by atoms with E-state index >= 15 is 0 Å². The Labute approximate surface area is 90.8 Å². The third-order valence-corrected chi connectivity index (χ3v) is 2.54. The Bertz CT molecular complexity index is 634. The first-order chi connectivity index (χ1) is 7.79. The van der Waals surface area contributed by atoms with Crippen molar-refractivity contribution >= 4 is 21.8 Å². The molecule has 3 aromatic rings. The van der Waals surface area contributed by atoms with Gasteiger partial charge in [-0.25, -0.2) is 0 Å². The Kier molecular flexibility index (Phi) is 1.71. The van der Waals surface area contributed by atoms with Gasteiger partial charge in [0.1, 0.15) is 5.52 Å². The fraction of sp³-hybridized carbons (Fsp3) is 0. The third-order valence-electron chi connectivity index (χ3n) is 2.54. The molecule has 4 nitrogen and oxygen atoms in total. The molecule has 0 bridgehead atoms. The number of pyridine rings is 2. The molecular formula is C12H6N2O2-. The molecule has 0 N–H and O–H groups in total. The predicted octanol–water partition coefficient (Wildman–Crippen LogP) is 2.00. The minimum Gasteiger partial charge on any atom is -0.869 e. The zero-order valence-electron chi connectivity index (χ0n) is 8.18. The van der Waals surface area contributed by atoms with Crippen LogP contribution >= 0.6 is 0 Å². The van der Waals surface area contributed by atoms with E-state index in [9.17, 15) is 10.2 Å². The van der Waals surface area contributed by atoms with Crippen LogP contribution in [0.3, 0.4) is 0 Å². The molecule has 0 saturated heterocycles. The number of fused-ring (bicyclic) bond motifs is 3. The van der Waals surface area contributed by atoms with Crippen molar-refractivity contribution in [3.05, 3.63) is 36.7 Å². The summed E-state index contributed by atoms with van der Waals surface area (Å²) >= 11 is 0. The maximum absolute atomic E-state index is 11.8. The Balaban J connectivity index is 2.69. The summed E-state index contributed by atoms with van der Waals surface area (Å²) in [5, 5.41) is 24.2. The molecule has 0 aliphatic heterocycles. The first-order valence-electron chi connectivity index (χ1n) is 4.78. The van der Waals surface area contributed by atoms with E-state index in [1.165, 1.54) is 0 Å². The maximum Gasteiger partial charge on any atom is 0.180 e. The van der Waals surface area contributed by atoms with Crippen LogP contribution in [0, 0.1) is 0 Å². The van der Waals surface area contributed by atoms with Crippen molar-refractivity contribution in [3.8, 4) is 11.5 Å².